The number of nitrogens with one attached hydrogen (secondary N) is 1. The van der Waals surface area contributed by atoms with Crippen molar-refractivity contribution in [1.29, 1.82) is 0 Å². The van der Waals surface area contributed by atoms with Gasteiger partial charge in [-0.15, -0.1) is 0 Å². The first-order valence-electron chi connectivity index (χ1n) is 7.55. The minimum Gasteiger partial charge on any atom is -0.478 e. The second kappa shape index (κ2) is 4.45. The lowest BCUT2D eigenvalue weighted by Gasteiger charge is -2.15. The highest BCUT2D eigenvalue weighted by Gasteiger charge is 2.53. The lowest BCUT2D eigenvalue weighted by molar-refractivity contribution is 0.0699. The Balaban J connectivity index is 1.58. The first-order valence-corrected chi connectivity index (χ1v) is 7.55. The number of carbonyl (C=O) groups is 1. The Bertz CT molecular complexity index is 718. The van der Waals surface area contributed by atoms with Gasteiger partial charge >= 0.3 is 5.97 Å². The first kappa shape index (κ1) is 12.6. The average Bonchev–Trinajstić information content (AvgIpc) is 3.37. The van der Waals surface area contributed by atoms with Crippen molar-refractivity contribution in [2.75, 3.05) is 11.9 Å². The third-order valence-electron chi connectivity index (χ3n) is 4.92. The van der Waals surface area contributed by atoms with Crippen molar-refractivity contribution in [3.8, 4) is 0 Å². The molecule has 0 radical (unpaired) electrons. The van der Waals surface area contributed by atoms with E-state index in [2.05, 4.69) is 10.3 Å². The number of anilines is 1. The Morgan fingerprint density at radius 3 is 2.76 bits per heavy atom. The summed E-state index contributed by atoms with van der Waals surface area (Å²) in [4.78, 5) is 15.8. The van der Waals surface area contributed by atoms with E-state index in [4.69, 9.17) is 0 Å². The standard InChI is InChI=1S/C17H18N2O2/c20-16(21)13-2-1-3-14-12(13)6-7-15(19-14)18-10-17(8-9-17)11-4-5-11/h1-3,6-7,11H,4-5,8-10H2,(H,18,19)(H,20,21). The quantitative estimate of drug-likeness (QED) is 0.880. The van der Waals surface area contributed by atoms with Crippen molar-refractivity contribution in [2.45, 2.75) is 25.7 Å². The van der Waals surface area contributed by atoms with Crippen LogP contribution in [0.15, 0.2) is 30.3 Å². The first-order chi connectivity index (χ1) is 10.2. The van der Waals surface area contributed by atoms with E-state index in [1.807, 2.05) is 18.2 Å². The molecule has 108 valence electrons. The van der Waals surface area contributed by atoms with Gasteiger partial charge in [-0.2, -0.15) is 0 Å². The number of carboxylic acid groups (broad SMARTS) is 1. The Morgan fingerprint density at radius 2 is 2.10 bits per heavy atom. The molecule has 4 heteroatoms. The maximum Gasteiger partial charge on any atom is 0.336 e. The molecule has 0 unspecified atom stereocenters. The molecule has 0 amide bonds. The zero-order valence-electron chi connectivity index (χ0n) is 11.8. The van der Waals surface area contributed by atoms with Crippen LogP contribution in [0.4, 0.5) is 5.82 Å². The van der Waals surface area contributed by atoms with E-state index in [0.717, 1.165) is 23.8 Å². The normalized spacial score (nSPS) is 19.4. The van der Waals surface area contributed by atoms with Gasteiger partial charge in [-0.1, -0.05) is 6.07 Å². The maximum absolute atomic E-state index is 11.2. The van der Waals surface area contributed by atoms with Crippen molar-refractivity contribution >= 4 is 22.7 Å². The Labute approximate surface area is 123 Å². The number of benzene rings is 1. The van der Waals surface area contributed by atoms with Gasteiger partial charge in [-0.05, 0) is 61.3 Å². The lowest BCUT2D eigenvalue weighted by Crippen LogP contribution is -2.17. The van der Waals surface area contributed by atoms with Crippen LogP contribution in [-0.4, -0.2) is 22.6 Å². The third-order valence-corrected chi connectivity index (χ3v) is 4.92. The molecule has 2 aliphatic carbocycles. The van der Waals surface area contributed by atoms with Gasteiger partial charge in [0.1, 0.15) is 5.82 Å². The Hall–Kier alpha value is -2.10. The molecule has 1 aromatic carbocycles. The number of hydrogen-bond donors (Lipinski definition) is 2. The van der Waals surface area contributed by atoms with Gasteiger partial charge in [0.05, 0.1) is 11.1 Å². The molecule has 0 atom stereocenters. The summed E-state index contributed by atoms with van der Waals surface area (Å²) in [6.45, 7) is 0.995. The van der Waals surface area contributed by atoms with Crippen LogP contribution in [0, 0.1) is 11.3 Å². The van der Waals surface area contributed by atoms with Gasteiger partial charge in [0.2, 0.25) is 0 Å². The van der Waals surface area contributed by atoms with E-state index in [1.54, 1.807) is 12.1 Å². The number of carboxylic acids is 1. The van der Waals surface area contributed by atoms with E-state index in [0.29, 0.717) is 16.4 Å². The lowest BCUT2D eigenvalue weighted by atomic mass is 10.0. The number of fused-ring (bicyclic) bond motifs is 1. The van der Waals surface area contributed by atoms with Crippen LogP contribution in [0.25, 0.3) is 10.9 Å². The topological polar surface area (TPSA) is 62.2 Å². The molecule has 4 rings (SSSR count). The summed E-state index contributed by atoms with van der Waals surface area (Å²) in [7, 11) is 0. The van der Waals surface area contributed by atoms with Crippen LogP contribution in [0.5, 0.6) is 0 Å². The third kappa shape index (κ3) is 2.24. The molecule has 21 heavy (non-hydrogen) atoms. The van der Waals surface area contributed by atoms with Crippen LogP contribution in [-0.2, 0) is 0 Å². The molecule has 0 spiro atoms. The van der Waals surface area contributed by atoms with Gasteiger partial charge in [0.25, 0.3) is 0 Å². The highest BCUT2D eigenvalue weighted by atomic mass is 16.4. The smallest absolute Gasteiger partial charge is 0.336 e. The zero-order valence-corrected chi connectivity index (χ0v) is 11.8. The summed E-state index contributed by atoms with van der Waals surface area (Å²) in [6.07, 6.45) is 5.44. The number of aromatic nitrogens is 1. The largest absolute Gasteiger partial charge is 0.478 e. The van der Waals surface area contributed by atoms with Crippen LogP contribution in [0.2, 0.25) is 0 Å². The molecule has 2 aromatic rings. The molecular formula is C17H18N2O2. The summed E-state index contributed by atoms with van der Waals surface area (Å²) >= 11 is 0. The fourth-order valence-electron chi connectivity index (χ4n) is 3.29. The van der Waals surface area contributed by atoms with Crippen LogP contribution < -0.4 is 5.32 Å². The minimum absolute atomic E-state index is 0.309. The van der Waals surface area contributed by atoms with Gasteiger partial charge < -0.3 is 10.4 Å². The Kier molecular flexibility index (Phi) is 2.67. The average molecular weight is 282 g/mol. The SMILES string of the molecule is O=C(O)c1cccc2nc(NCC3(C4CC4)CC3)ccc12. The highest BCUT2D eigenvalue weighted by Crippen LogP contribution is 2.61. The van der Waals surface area contributed by atoms with Gasteiger partial charge in [0.15, 0.2) is 0 Å². The van der Waals surface area contributed by atoms with E-state index in [1.165, 1.54) is 25.7 Å². The van der Waals surface area contributed by atoms with Crippen molar-refractivity contribution in [1.82, 2.24) is 4.98 Å². The molecule has 2 fully saturated rings. The second-order valence-electron chi connectivity index (χ2n) is 6.36. The molecule has 2 saturated carbocycles. The minimum atomic E-state index is -0.909. The second-order valence-corrected chi connectivity index (χ2v) is 6.36. The number of pyridine rings is 1. The molecule has 0 saturated heterocycles. The predicted octanol–water partition coefficient (Wildman–Crippen LogP) is 3.54. The van der Waals surface area contributed by atoms with Crippen molar-refractivity contribution in [3.05, 3.63) is 35.9 Å². The Morgan fingerprint density at radius 1 is 1.29 bits per heavy atom. The molecule has 1 heterocycles. The van der Waals surface area contributed by atoms with Crippen LogP contribution in [0.3, 0.4) is 0 Å². The highest BCUT2D eigenvalue weighted by molar-refractivity contribution is 6.02. The van der Waals surface area contributed by atoms with Gasteiger partial charge in [0, 0.05) is 11.9 Å². The summed E-state index contributed by atoms with van der Waals surface area (Å²) in [5.41, 5.74) is 1.57. The predicted molar refractivity (Wildman–Crippen MR) is 81.6 cm³/mol. The molecule has 2 aliphatic rings. The maximum atomic E-state index is 11.2. The molecule has 0 bridgehead atoms. The van der Waals surface area contributed by atoms with Gasteiger partial charge in [-0.25, -0.2) is 9.78 Å². The fourth-order valence-corrected chi connectivity index (χ4v) is 3.29. The number of hydrogen-bond acceptors (Lipinski definition) is 3. The monoisotopic (exact) mass is 282 g/mol. The zero-order chi connectivity index (χ0) is 14.4. The van der Waals surface area contributed by atoms with Gasteiger partial charge in [-0.3, -0.25) is 0 Å². The van der Waals surface area contributed by atoms with Crippen LogP contribution >= 0.6 is 0 Å². The molecule has 2 N–H and O–H groups in total. The van der Waals surface area contributed by atoms with E-state index >= 15 is 0 Å². The summed E-state index contributed by atoms with van der Waals surface area (Å²) < 4.78 is 0. The van der Waals surface area contributed by atoms with E-state index in [9.17, 15) is 9.90 Å². The molecular weight excluding hydrogens is 264 g/mol. The van der Waals surface area contributed by atoms with Crippen LogP contribution in [0.1, 0.15) is 36.0 Å². The fraction of sp³-hybridized carbons (Fsp3) is 0.412. The molecule has 1 aromatic heterocycles. The van der Waals surface area contributed by atoms with Crippen molar-refractivity contribution in [2.24, 2.45) is 11.3 Å². The number of rotatable bonds is 5. The number of aromatic carboxylic acids is 1. The van der Waals surface area contributed by atoms with Crippen molar-refractivity contribution < 1.29 is 9.90 Å². The molecule has 0 aliphatic heterocycles. The summed E-state index contributed by atoms with van der Waals surface area (Å²) in [5.74, 6) is 0.856. The van der Waals surface area contributed by atoms with Crippen molar-refractivity contribution in [3.63, 3.8) is 0 Å². The van der Waals surface area contributed by atoms with E-state index < -0.39 is 5.97 Å². The number of nitrogens with zero attached hydrogens (tertiary/aromatic N) is 1. The summed E-state index contributed by atoms with van der Waals surface area (Å²) in [6, 6.07) is 8.96. The molecule has 4 nitrogen and oxygen atoms in total. The summed E-state index contributed by atoms with van der Waals surface area (Å²) in [5, 5.41) is 13.3. The van der Waals surface area contributed by atoms with E-state index in [-0.39, 0.29) is 0 Å².